The molecule has 1 atom stereocenters. The maximum atomic E-state index is 10.8. The third kappa shape index (κ3) is 20.9. The maximum absolute atomic E-state index is 10.8. The molecule has 20 heavy (non-hydrogen) atoms. The molecule has 0 spiro atoms. The van der Waals surface area contributed by atoms with Crippen LogP contribution in [0.15, 0.2) is 0 Å². The zero-order valence-corrected chi connectivity index (χ0v) is 16.1. The minimum Gasteiger partial charge on any atom is -0.550 e. The summed E-state index contributed by atoms with van der Waals surface area (Å²) in [6.07, 6.45) is 14.9. The van der Waals surface area contributed by atoms with Gasteiger partial charge in [0.1, 0.15) is 0 Å². The van der Waals surface area contributed by atoms with Gasteiger partial charge in [-0.15, -0.1) is 0 Å². The third-order valence-corrected chi connectivity index (χ3v) is 4.18. The molecular weight excluding hydrogens is 283 g/mol. The normalized spacial score (nSPS) is 11.8. The van der Waals surface area contributed by atoms with Gasteiger partial charge in [-0.2, -0.15) is 0 Å². The van der Waals surface area contributed by atoms with Gasteiger partial charge in [-0.05, 0) is 19.3 Å². The number of carbonyl (C=O) groups is 1. The molecule has 0 aliphatic rings. The van der Waals surface area contributed by atoms with E-state index in [9.17, 15) is 14.1 Å². The summed E-state index contributed by atoms with van der Waals surface area (Å²) < 4.78 is 10.8. The van der Waals surface area contributed by atoms with Crippen molar-refractivity contribution in [1.29, 1.82) is 0 Å². The van der Waals surface area contributed by atoms with Crippen molar-refractivity contribution >= 4 is 16.8 Å². The van der Waals surface area contributed by atoms with Crippen LogP contribution in [0, 0.1) is 0 Å². The number of unbranched alkanes of at least 4 members (excludes halogenated alkanes) is 10. The van der Waals surface area contributed by atoms with Crippen molar-refractivity contribution in [3.63, 3.8) is 0 Å². The molecule has 0 aliphatic carbocycles. The molecule has 0 aromatic heterocycles. The van der Waals surface area contributed by atoms with E-state index in [1.54, 1.807) is 6.26 Å². The Bertz CT molecular complexity index is 223. The van der Waals surface area contributed by atoms with Crippen LogP contribution in [0.5, 0.6) is 0 Å². The molecule has 0 radical (unpaired) electrons. The Morgan fingerprint density at radius 1 is 0.800 bits per heavy atom. The number of carbonyl (C=O) groups excluding carboxylic acids is 1. The SMILES string of the molecule is CS(=O)CCCCCCCCCCCCCC(=O)[O-].[Na+]. The van der Waals surface area contributed by atoms with Gasteiger partial charge in [-0.1, -0.05) is 57.8 Å². The first-order chi connectivity index (χ1) is 9.13. The molecule has 3 nitrogen and oxygen atoms in total. The second-order valence-electron chi connectivity index (χ2n) is 5.29. The van der Waals surface area contributed by atoms with E-state index in [0.29, 0.717) is 0 Å². The molecule has 1 unspecified atom stereocenters. The average Bonchev–Trinajstić information content (AvgIpc) is 2.34. The summed E-state index contributed by atoms with van der Waals surface area (Å²) in [5, 5.41) is 10.2. The van der Waals surface area contributed by atoms with E-state index in [0.717, 1.165) is 31.4 Å². The number of aliphatic carboxylic acids is 1. The van der Waals surface area contributed by atoms with E-state index in [1.807, 2.05) is 0 Å². The van der Waals surface area contributed by atoms with Gasteiger partial charge >= 0.3 is 29.6 Å². The van der Waals surface area contributed by atoms with Gasteiger partial charge in [0, 0.05) is 28.8 Å². The van der Waals surface area contributed by atoms with Crippen LogP contribution in [0.4, 0.5) is 0 Å². The summed E-state index contributed by atoms with van der Waals surface area (Å²) in [4.78, 5) is 10.2. The Morgan fingerprint density at radius 3 is 1.50 bits per heavy atom. The molecule has 114 valence electrons. The topological polar surface area (TPSA) is 57.2 Å². The number of hydrogen-bond acceptors (Lipinski definition) is 3. The van der Waals surface area contributed by atoms with Crippen molar-refractivity contribution in [3.05, 3.63) is 0 Å². The first-order valence-electron chi connectivity index (χ1n) is 7.63. The van der Waals surface area contributed by atoms with Gasteiger partial charge in [0.2, 0.25) is 0 Å². The summed E-state index contributed by atoms with van der Waals surface area (Å²) >= 11 is 0. The minimum absolute atomic E-state index is 0. The van der Waals surface area contributed by atoms with Gasteiger partial charge in [0.25, 0.3) is 0 Å². The summed E-state index contributed by atoms with van der Waals surface area (Å²) in [6, 6.07) is 0. The Hall–Kier alpha value is 0.620. The molecule has 0 amide bonds. The Labute approximate surface area is 149 Å². The van der Waals surface area contributed by atoms with Gasteiger partial charge in [0.05, 0.1) is 0 Å². The number of carboxylic acids is 1. The van der Waals surface area contributed by atoms with E-state index in [4.69, 9.17) is 0 Å². The number of hydrogen-bond donors (Lipinski definition) is 0. The van der Waals surface area contributed by atoms with Gasteiger partial charge in [-0.3, -0.25) is 4.21 Å². The molecule has 0 aromatic carbocycles. The second kappa shape index (κ2) is 17.7. The van der Waals surface area contributed by atoms with Gasteiger partial charge in [-0.25, -0.2) is 0 Å². The van der Waals surface area contributed by atoms with Crippen LogP contribution in [0.3, 0.4) is 0 Å². The van der Waals surface area contributed by atoms with Gasteiger partial charge in [0.15, 0.2) is 0 Å². The van der Waals surface area contributed by atoms with Crippen molar-refractivity contribution in [2.24, 2.45) is 0 Å². The fourth-order valence-corrected chi connectivity index (χ4v) is 2.78. The fraction of sp³-hybridized carbons (Fsp3) is 0.933. The predicted molar refractivity (Wildman–Crippen MR) is 79.3 cm³/mol. The van der Waals surface area contributed by atoms with Crippen LogP contribution in [-0.4, -0.2) is 22.2 Å². The second-order valence-corrected chi connectivity index (χ2v) is 6.84. The van der Waals surface area contributed by atoms with E-state index in [1.165, 1.54) is 44.9 Å². The first kappa shape index (κ1) is 22.9. The molecule has 5 heteroatoms. The fourth-order valence-electron chi connectivity index (χ4n) is 2.17. The van der Waals surface area contributed by atoms with Crippen LogP contribution in [0.1, 0.15) is 77.0 Å². The molecule has 0 N–H and O–H groups in total. The molecule has 0 saturated carbocycles. The molecule has 0 aliphatic heterocycles. The largest absolute Gasteiger partial charge is 1.00 e. The van der Waals surface area contributed by atoms with Crippen LogP contribution < -0.4 is 34.7 Å². The Balaban J connectivity index is 0. The van der Waals surface area contributed by atoms with Crippen molar-refractivity contribution < 1.29 is 43.7 Å². The van der Waals surface area contributed by atoms with Crippen LogP contribution in [0.2, 0.25) is 0 Å². The minimum atomic E-state index is -0.924. The smallest absolute Gasteiger partial charge is 0.550 e. The van der Waals surface area contributed by atoms with Gasteiger partial charge < -0.3 is 9.90 Å². The summed E-state index contributed by atoms with van der Waals surface area (Å²) in [5.74, 6) is -0.0711. The van der Waals surface area contributed by atoms with Crippen LogP contribution in [-0.2, 0) is 15.6 Å². The van der Waals surface area contributed by atoms with Crippen molar-refractivity contribution in [1.82, 2.24) is 0 Å². The zero-order valence-electron chi connectivity index (χ0n) is 13.3. The standard InChI is InChI=1S/C15H30O3S.Na/c1-19(18)14-12-10-8-6-4-2-3-5-7-9-11-13-15(16)17;/h2-14H2,1H3,(H,16,17);/q;+1/p-1. The van der Waals surface area contributed by atoms with Crippen LogP contribution >= 0.6 is 0 Å². The molecular formula is C15H29NaO3S. The Morgan fingerprint density at radius 2 is 1.15 bits per heavy atom. The summed E-state index contributed by atoms with van der Waals surface area (Å²) in [7, 11) is -0.624. The van der Waals surface area contributed by atoms with Crippen LogP contribution in [0.25, 0.3) is 0 Å². The first-order valence-corrected chi connectivity index (χ1v) is 9.35. The van der Waals surface area contributed by atoms with Crippen molar-refractivity contribution in [2.45, 2.75) is 77.0 Å². The molecule has 0 fully saturated rings. The monoisotopic (exact) mass is 312 g/mol. The number of rotatable bonds is 14. The molecule has 0 saturated heterocycles. The molecule has 0 bridgehead atoms. The molecule has 0 aromatic rings. The molecule has 0 heterocycles. The third-order valence-electron chi connectivity index (χ3n) is 3.31. The van der Waals surface area contributed by atoms with E-state index >= 15 is 0 Å². The summed E-state index contributed by atoms with van der Waals surface area (Å²) in [6.45, 7) is 0. The van der Waals surface area contributed by atoms with Crippen molar-refractivity contribution in [2.75, 3.05) is 12.0 Å². The number of carboxylic acid groups (broad SMARTS) is 1. The summed E-state index contributed by atoms with van der Waals surface area (Å²) in [5.41, 5.74) is 0. The van der Waals surface area contributed by atoms with Crippen molar-refractivity contribution in [3.8, 4) is 0 Å². The maximum Gasteiger partial charge on any atom is 1.00 e. The molecule has 0 rings (SSSR count). The predicted octanol–water partition coefficient (Wildman–Crippen LogP) is -0.200. The van der Waals surface area contributed by atoms with E-state index in [-0.39, 0.29) is 36.0 Å². The van der Waals surface area contributed by atoms with E-state index in [2.05, 4.69) is 0 Å². The Kier molecular flexibility index (Phi) is 20.2. The zero-order chi connectivity index (χ0) is 14.3. The average molecular weight is 312 g/mol. The van der Waals surface area contributed by atoms with E-state index < -0.39 is 16.8 Å². The quantitative estimate of drug-likeness (QED) is 0.330.